The van der Waals surface area contributed by atoms with Gasteiger partial charge in [0, 0.05) is 30.5 Å². The number of carbonyl (C=O) groups excluding carboxylic acids is 1. The second kappa shape index (κ2) is 8.17. The van der Waals surface area contributed by atoms with Crippen LogP contribution >= 0.6 is 0 Å². The molecule has 1 aromatic heterocycles. The molecule has 2 aromatic carbocycles. The maximum Gasteiger partial charge on any atom is 0.260 e. The van der Waals surface area contributed by atoms with Gasteiger partial charge in [0.2, 0.25) is 0 Å². The number of methoxy groups -OCH3 is 2. The van der Waals surface area contributed by atoms with Gasteiger partial charge in [0.05, 0.1) is 14.2 Å². The minimum Gasteiger partial charge on any atom is -0.493 e. The van der Waals surface area contributed by atoms with Crippen LogP contribution in [0.25, 0.3) is 11.0 Å². The van der Waals surface area contributed by atoms with E-state index in [9.17, 15) is 4.79 Å². The quantitative estimate of drug-likeness (QED) is 0.615. The summed E-state index contributed by atoms with van der Waals surface area (Å²) in [5.74, 6) is 3.20. The molecule has 0 unspecified atom stereocenters. The van der Waals surface area contributed by atoms with Crippen LogP contribution in [0.4, 0.5) is 0 Å². The van der Waals surface area contributed by atoms with E-state index in [-0.39, 0.29) is 12.5 Å². The lowest BCUT2D eigenvalue weighted by atomic mass is 9.96. The molecule has 2 aliphatic rings. The molecule has 6 nitrogen and oxygen atoms in total. The van der Waals surface area contributed by atoms with E-state index in [2.05, 4.69) is 0 Å². The minimum absolute atomic E-state index is 0.0187. The van der Waals surface area contributed by atoms with Crippen molar-refractivity contribution in [1.82, 2.24) is 4.90 Å². The lowest BCUT2D eigenvalue weighted by Gasteiger charge is -2.29. The summed E-state index contributed by atoms with van der Waals surface area (Å²) < 4.78 is 22.7. The molecule has 0 radical (unpaired) electrons. The molecule has 1 aliphatic heterocycles. The maximum atomic E-state index is 12.8. The summed E-state index contributed by atoms with van der Waals surface area (Å²) in [4.78, 5) is 14.7. The summed E-state index contributed by atoms with van der Waals surface area (Å²) in [5, 5.41) is 1.12. The molecule has 0 N–H and O–H groups in total. The van der Waals surface area contributed by atoms with Gasteiger partial charge >= 0.3 is 0 Å². The number of fused-ring (bicyclic) bond motifs is 4. The fourth-order valence-corrected chi connectivity index (χ4v) is 4.66. The second-order valence-corrected chi connectivity index (χ2v) is 8.20. The average Bonchev–Trinajstić information content (AvgIpc) is 3.19. The van der Waals surface area contributed by atoms with E-state index >= 15 is 0 Å². The molecule has 5 rings (SSSR count). The van der Waals surface area contributed by atoms with Gasteiger partial charge in [0.1, 0.15) is 17.1 Å². The van der Waals surface area contributed by atoms with Crippen LogP contribution in [0.3, 0.4) is 0 Å². The van der Waals surface area contributed by atoms with Crippen molar-refractivity contribution >= 4 is 16.9 Å². The van der Waals surface area contributed by atoms with E-state index in [1.807, 2.05) is 35.2 Å². The van der Waals surface area contributed by atoms with Crippen LogP contribution < -0.4 is 14.2 Å². The van der Waals surface area contributed by atoms with Crippen LogP contribution in [0.5, 0.6) is 17.2 Å². The third kappa shape index (κ3) is 3.71. The first kappa shape index (κ1) is 19.8. The van der Waals surface area contributed by atoms with Crippen LogP contribution in [0.15, 0.2) is 34.7 Å². The molecule has 0 saturated heterocycles. The zero-order chi connectivity index (χ0) is 21.4. The Morgan fingerprint density at radius 3 is 2.58 bits per heavy atom. The highest BCUT2D eigenvalue weighted by Crippen LogP contribution is 2.35. The molecule has 0 bridgehead atoms. The second-order valence-electron chi connectivity index (χ2n) is 8.20. The van der Waals surface area contributed by atoms with E-state index in [0.29, 0.717) is 24.6 Å². The standard InChI is InChI=1S/C25H27NO5/c1-28-23-11-16-9-10-26(14-17(16)12-24(23)29-2)25(27)15-30-18-7-8-22-20(13-18)19-5-3-4-6-21(19)31-22/h7-8,11-13H,3-6,9-10,14-15H2,1-2H3. The first-order valence-corrected chi connectivity index (χ1v) is 10.8. The van der Waals surface area contributed by atoms with Crippen LogP contribution in [-0.2, 0) is 30.6 Å². The van der Waals surface area contributed by atoms with Gasteiger partial charge in [0.15, 0.2) is 18.1 Å². The molecule has 0 fully saturated rings. The zero-order valence-corrected chi connectivity index (χ0v) is 18.0. The molecule has 1 aliphatic carbocycles. The smallest absolute Gasteiger partial charge is 0.260 e. The molecule has 2 heterocycles. The van der Waals surface area contributed by atoms with Gasteiger partial charge in [-0.1, -0.05) is 0 Å². The van der Waals surface area contributed by atoms with Gasteiger partial charge in [-0.25, -0.2) is 0 Å². The van der Waals surface area contributed by atoms with Gasteiger partial charge < -0.3 is 23.5 Å². The van der Waals surface area contributed by atoms with Gasteiger partial charge in [-0.3, -0.25) is 4.79 Å². The van der Waals surface area contributed by atoms with Crippen molar-refractivity contribution in [1.29, 1.82) is 0 Å². The fourth-order valence-electron chi connectivity index (χ4n) is 4.66. The van der Waals surface area contributed by atoms with Crippen molar-refractivity contribution in [2.24, 2.45) is 0 Å². The first-order chi connectivity index (χ1) is 15.2. The van der Waals surface area contributed by atoms with E-state index in [1.54, 1.807) is 14.2 Å². The number of rotatable bonds is 5. The summed E-state index contributed by atoms with van der Waals surface area (Å²) >= 11 is 0. The largest absolute Gasteiger partial charge is 0.493 e. The number of carbonyl (C=O) groups is 1. The highest BCUT2D eigenvalue weighted by Gasteiger charge is 2.23. The van der Waals surface area contributed by atoms with Gasteiger partial charge in [-0.05, 0) is 67.1 Å². The number of hydrogen-bond donors (Lipinski definition) is 0. The Morgan fingerprint density at radius 1 is 1.00 bits per heavy atom. The maximum absolute atomic E-state index is 12.8. The highest BCUT2D eigenvalue weighted by molar-refractivity contribution is 5.84. The average molecular weight is 421 g/mol. The minimum atomic E-state index is -0.0187. The van der Waals surface area contributed by atoms with Crippen molar-refractivity contribution < 1.29 is 23.4 Å². The Kier molecular flexibility index (Phi) is 5.22. The third-order valence-corrected chi connectivity index (χ3v) is 6.36. The van der Waals surface area contributed by atoms with Crippen LogP contribution in [-0.4, -0.2) is 38.2 Å². The Labute approximate surface area is 181 Å². The van der Waals surface area contributed by atoms with Crippen molar-refractivity contribution in [3.63, 3.8) is 0 Å². The summed E-state index contributed by atoms with van der Waals surface area (Å²) in [7, 11) is 3.26. The lowest BCUT2D eigenvalue weighted by molar-refractivity contribution is -0.134. The molecule has 0 saturated carbocycles. The molecule has 1 amide bonds. The molecular formula is C25H27NO5. The Balaban J connectivity index is 1.27. The molecular weight excluding hydrogens is 394 g/mol. The van der Waals surface area contributed by atoms with Crippen LogP contribution in [0.1, 0.15) is 35.3 Å². The van der Waals surface area contributed by atoms with Crippen molar-refractivity contribution in [2.45, 2.75) is 38.6 Å². The topological polar surface area (TPSA) is 61.1 Å². The summed E-state index contributed by atoms with van der Waals surface area (Å²) in [6.07, 6.45) is 5.22. The zero-order valence-electron chi connectivity index (χ0n) is 18.0. The monoisotopic (exact) mass is 421 g/mol. The predicted molar refractivity (Wildman–Crippen MR) is 117 cm³/mol. The van der Waals surface area contributed by atoms with Gasteiger partial charge in [0.25, 0.3) is 5.91 Å². The van der Waals surface area contributed by atoms with E-state index in [4.69, 9.17) is 18.6 Å². The number of aryl methyl sites for hydroxylation is 2. The Hall–Kier alpha value is -3.15. The number of benzene rings is 2. The number of furan rings is 1. The fraction of sp³-hybridized carbons (Fsp3) is 0.400. The lowest BCUT2D eigenvalue weighted by Crippen LogP contribution is -2.38. The molecule has 6 heteroatoms. The third-order valence-electron chi connectivity index (χ3n) is 6.36. The summed E-state index contributed by atoms with van der Waals surface area (Å²) in [6.45, 7) is 1.24. The van der Waals surface area contributed by atoms with E-state index in [1.165, 1.54) is 24.0 Å². The first-order valence-electron chi connectivity index (χ1n) is 10.8. The van der Waals surface area contributed by atoms with Crippen molar-refractivity contribution in [3.05, 3.63) is 52.8 Å². The Morgan fingerprint density at radius 2 is 1.77 bits per heavy atom. The van der Waals surface area contributed by atoms with Crippen molar-refractivity contribution in [3.8, 4) is 17.2 Å². The normalized spacial score (nSPS) is 15.4. The summed E-state index contributed by atoms with van der Waals surface area (Å²) in [5.41, 5.74) is 4.49. The van der Waals surface area contributed by atoms with Crippen LogP contribution in [0, 0.1) is 0 Å². The van der Waals surface area contributed by atoms with Gasteiger partial charge in [-0.2, -0.15) is 0 Å². The molecule has 3 aromatic rings. The number of ether oxygens (including phenoxy) is 3. The molecule has 0 atom stereocenters. The number of nitrogens with zero attached hydrogens (tertiary/aromatic N) is 1. The number of amides is 1. The van der Waals surface area contributed by atoms with E-state index < -0.39 is 0 Å². The van der Waals surface area contributed by atoms with E-state index in [0.717, 1.165) is 47.3 Å². The molecule has 31 heavy (non-hydrogen) atoms. The SMILES string of the molecule is COc1cc2c(cc1OC)CN(C(=O)COc1ccc3oc4c(c3c1)CCCC4)CC2. The van der Waals surface area contributed by atoms with Gasteiger partial charge in [-0.15, -0.1) is 0 Å². The summed E-state index contributed by atoms with van der Waals surface area (Å²) in [6, 6.07) is 9.81. The number of hydrogen-bond acceptors (Lipinski definition) is 5. The van der Waals surface area contributed by atoms with Crippen molar-refractivity contribution in [2.75, 3.05) is 27.4 Å². The molecule has 162 valence electrons. The Bertz CT molecular complexity index is 1130. The molecule has 0 spiro atoms. The highest BCUT2D eigenvalue weighted by atomic mass is 16.5. The predicted octanol–water partition coefficient (Wildman–Crippen LogP) is 4.29. The van der Waals surface area contributed by atoms with Crippen LogP contribution in [0.2, 0.25) is 0 Å².